The van der Waals surface area contributed by atoms with Crippen LogP contribution in [0.15, 0.2) is 78.9 Å². The first-order valence-corrected chi connectivity index (χ1v) is 11.3. The van der Waals surface area contributed by atoms with Crippen LogP contribution >= 0.6 is 0 Å². The summed E-state index contributed by atoms with van der Waals surface area (Å²) in [5.41, 5.74) is 6.59. The van der Waals surface area contributed by atoms with Crippen LogP contribution in [0.4, 0.5) is 4.79 Å². The number of hydrogen-bond donors (Lipinski definition) is 1. The number of methoxy groups -OCH3 is 1. The molecule has 0 aliphatic heterocycles. The predicted molar refractivity (Wildman–Crippen MR) is 133 cm³/mol. The van der Waals surface area contributed by atoms with Crippen LogP contribution in [0.25, 0.3) is 22.0 Å². The van der Waals surface area contributed by atoms with Crippen molar-refractivity contribution in [1.29, 1.82) is 0 Å². The Morgan fingerprint density at radius 2 is 1.71 bits per heavy atom. The number of amides is 1. The van der Waals surface area contributed by atoms with Gasteiger partial charge < -0.3 is 14.8 Å². The largest absolute Gasteiger partial charge is 0.481 e. The first kappa shape index (κ1) is 21.5. The maximum Gasteiger partial charge on any atom is 0.407 e. The summed E-state index contributed by atoms with van der Waals surface area (Å²) in [6.45, 7) is 0.734. The van der Waals surface area contributed by atoms with Crippen LogP contribution in [0.2, 0.25) is 0 Å². The molecule has 5 heteroatoms. The fourth-order valence-corrected chi connectivity index (χ4v) is 4.34. The number of aromatic nitrogens is 1. The van der Waals surface area contributed by atoms with Crippen molar-refractivity contribution in [2.45, 2.75) is 12.3 Å². The van der Waals surface area contributed by atoms with Crippen LogP contribution in [0.1, 0.15) is 29.0 Å². The van der Waals surface area contributed by atoms with E-state index in [1.807, 2.05) is 54.6 Å². The summed E-state index contributed by atoms with van der Waals surface area (Å²) in [5.74, 6) is 6.88. The number of ether oxygens (including phenoxy) is 2. The molecule has 0 unspecified atom stereocenters. The highest BCUT2D eigenvalue weighted by Gasteiger charge is 2.28. The van der Waals surface area contributed by atoms with E-state index in [1.165, 1.54) is 22.3 Å². The molecule has 1 aliphatic carbocycles. The van der Waals surface area contributed by atoms with Gasteiger partial charge in [-0.1, -0.05) is 60.4 Å². The molecule has 1 aromatic heterocycles. The standard InChI is InChI=1S/C29H24N2O3/c1-33-28-16-14-21-18-20(13-15-27(21)31-28)8-6-7-17-30-29(32)34-19-26-24-11-4-2-9-22(24)23-10-3-5-12-25(23)26/h2-5,9-16,18,26H,7,17,19H2,1H3,(H,30,32). The second-order valence-corrected chi connectivity index (χ2v) is 8.07. The smallest absolute Gasteiger partial charge is 0.407 e. The summed E-state index contributed by atoms with van der Waals surface area (Å²) in [5, 5.41) is 3.80. The van der Waals surface area contributed by atoms with Crippen LogP contribution in [-0.2, 0) is 4.74 Å². The summed E-state index contributed by atoms with van der Waals surface area (Å²) < 4.78 is 10.7. The Hall–Kier alpha value is -4.30. The van der Waals surface area contributed by atoms with E-state index in [0.29, 0.717) is 25.5 Å². The van der Waals surface area contributed by atoms with Gasteiger partial charge in [-0.2, -0.15) is 0 Å². The van der Waals surface area contributed by atoms with Gasteiger partial charge in [0.05, 0.1) is 12.6 Å². The summed E-state index contributed by atoms with van der Waals surface area (Å²) in [6.07, 6.45) is 0.109. The van der Waals surface area contributed by atoms with Crippen molar-refractivity contribution in [3.8, 4) is 28.8 Å². The van der Waals surface area contributed by atoms with Gasteiger partial charge in [0.25, 0.3) is 0 Å². The Morgan fingerprint density at radius 1 is 0.971 bits per heavy atom. The molecular weight excluding hydrogens is 424 g/mol. The van der Waals surface area contributed by atoms with Crippen LogP contribution in [0.5, 0.6) is 5.88 Å². The average molecular weight is 449 g/mol. The molecule has 168 valence electrons. The third kappa shape index (κ3) is 4.44. The van der Waals surface area contributed by atoms with Crippen molar-refractivity contribution in [3.05, 3.63) is 95.6 Å². The highest BCUT2D eigenvalue weighted by molar-refractivity contribution is 5.81. The minimum atomic E-state index is -0.422. The summed E-state index contributed by atoms with van der Waals surface area (Å²) >= 11 is 0. The van der Waals surface area contributed by atoms with Crippen LogP contribution < -0.4 is 10.1 Å². The van der Waals surface area contributed by atoms with Gasteiger partial charge >= 0.3 is 6.09 Å². The number of fused-ring (bicyclic) bond motifs is 4. The SMILES string of the molecule is COc1ccc2cc(C#CCCNC(=O)OCC3c4ccccc4-c4ccccc43)ccc2n1. The van der Waals surface area contributed by atoms with Gasteiger partial charge in [0, 0.05) is 35.9 Å². The van der Waals surface area contributed by atoms with Gasteiger partial charge in [-0.3, -0.25) is 0 Å². The minimum absolute atomic E-state index is 0.0558. The van der Waals surface area contributed by atoms with Crippen LogP contribution in [0, 0.1) is 11.8 Å². The Morgan fingerprint density at radius 3 is 2.44 bits per heavy atom. The zero-order valence-corrected chi connectivity index (χ0v) is 18.9. The van der Waals surface area contributed by atoms with Gasteiger partial charge in [0.2, 0.25) is 5.88 Å². The van der Waals surface area contributed by atoms with E-state index in [9.17, 15) is 4.79 Å². The monoisotopic (exact) mass is 448 g/mol. The van der Waals surface area contributed by atoms with E-state index in [4.69, 9.17) is 9.47 Å². The molecule has 3 aromatic carbocycles. The Labute approximate surface area is 198 Å². The number of pyridine rings is 1. The number of nitrogens with zero attached hydrogens (tertiary/aromatic N) is 1. The Kier molecular flexibility index (Phi) is 6.13. The molecule has 1 heterocycles. The number of rotatable bonds is 5. The Balaban J connectivity index is 1.13. The van der Waals surface area contributed by atoms with Crippen molar-refractivity contribution in [2.24, 2.45) is 0 Å². The third-order valence-corrected chi connectivity index (χ3v) is 5.97. The first-order valence-electron chi connectivity index (χ1n) is 11.3. The van der Waals surface area contributed by atoms with E-state index in [1.54, 1.807) is 7.11 Å². The molecule has 0 bridgehead atoms. The second-order valence-electron chi connectivity index (χ2n) is 8.07. The molecule has 34 heavy (non-hydrogen) atoms. The number of carbonyl (C=O) groups is 1. The van der Waals surface area contributed by atoms with Gasteiger partial charge in [-0.05, 0) is 46.5 Å². The highest BCUT2D eigenvalue weighted by atomic mass is 16.5. The first-order chi connectivity index (χ1) is 16.7. The van der Waals surface area contributed by atoms with Gasteiger partial charge in [-0.25, -0.2) is 9.78 Å². The second kappa shape index (κ2) is 9.68. The van der Waals surface area contributed by atoms with Crippen molar-refractivity contribution < 1.29 is 14.3 Å². The molecule has 5 nitrogen and oxygen atoms in total. The van der Waals surface area contributed by atoms with Gasteiger partial charge in [-0.15, -0.1) is 0 Å². The maximum absolute atomic E-state index is 12.3. The van der Waals surface area contributed by atoms with Crippen molar-refractivity contribution in [2.75, 3.05) is 20.3 Å². The molecule has 0 saturated heterocycles. The van der Waals surface area contributed by atoms with Crippen LogP contribution in [-0.4, -0.2) is 31.3 Å². The molecule has 1 N–H and O–H groups in total. The Bertz CT molecular complexity index is 1370. The summed E-state index contributed by atoms with van der Waals surface area (Å²) in [7, 11) is 1.60. The zero-order valence-electron chi connectivity index (χ0n) is 18.9. The minimum Gasteiger partial charge on any atom is -0.481 e. The molecule has 4 aromatic rings. The van der Waals surface area contributed by atoms with E-state index >= 15 is 0 Å². The fourth-order valence-electron chi connectivity index (χ4n) is 4.34. The van der Waals surface area contributed by atoms with Gasteiger partial charge in [0.15, 0.2) is 0 Å². The molecule has 0 radical (unpaired) electrons. The van der Waals surface area contributed by atoms with Crippen molar-refractivity contribution in [1.82, 2.24) is 10.3 Å². The number of alkyl carbamates (subject to hydrolysis) is 1. The quantitative estimate of drug-likeness (QED) is 0.322. The molecule has 1 amide bonds. The van der Waals surface area contributed by atoms with E-state index in [0.717, 1.165) is 16.5 Å². The molecule has 0 atom stereocenters. The lowest BCUT2D eigenvalue weighted by Crippen LogP contribution is -2.26. The molecule has 5 rings (SSSR count). The molecule has 0 spiro atoms. The summed E-state index contributed by atoms with van der Waals surface area (Å²) in [6, 6.07) is 26.2. The highest BCUT2D eigenvalue weighted by Crippen LogP contribution is 2.44. The third-order valence-electron chi connectivity index (χ3n) is 5.97. The molecule has 0 fully saturated rings. The topological polar surface area (TPSA) is 60.5 Å². The summed E-state index contributed by atoms with van der Waals surface area (Å²) in [4.78, 5) is 16.7. The normalized spacial score (nSPS) is 11.8. The number of nitrogens with one attached hydrogen (secondary N) is 1. The fraction of sp³-hybridized carbons (Fsp3) is 0.172. The van der Waals surface area contributed by atoms with E-state index < -0.39 is 6.09 Å². The average Bonchev–Trinajstić information content (AvgIpc) is 3.20. The van der Waals surface area contributed by atoms with Crippen molar-refractivity contribution >= 4 is 17.0 Å². The lowest BCUT2D eigenvalue weighted by Gasteiger charge is -2.14. The molecule has 0 saturated carbocycles. The maximum atomic E-state index is 12.3. The number of carbonyl (C=O) groups excluding carboxylic acids is 1. The van der Waals surface area contributed by atoms with E-state index in [-0.39, 0.29) is 5.92 Å². The lowest BCUT2D eigenvalue weighted by molar-refractivity contribution is 0.143. The number of hydrogen-bond acceptors (Lipinski definition) is 4. The predicted octanol–water partition coefficient (Wildman–Crippen LogP) is 5.52. The number of benzene rings is 3. The lowest BCUT2D eigenvalue weighted by atomic mass is 9.98. The van der Waals surface area contributed by atoms with Gasteiger partial charge in [0.1, 0.15) is 6.61 Å². The van der Waals surface area contributed by atoms with Crippen molar-refractivity contribution in [3.63, 3.8) is 0 Å². The molecular formula is C29H24N2O3. The molecule has 1 aliphatic rings. The van der Waals surface area contributed by atoms with Crippen LogP contribution in [0.3, 0.4) is 0 Å². The zero-order chi connectivity index (χ0) is 23.3. The van der Waals surface area contributed by atoms with E-state index in [2.05, 4.69) is 46.4 Å².